The molecule has 9 heteroatoms. The zero-order chi connectivity index (χ0) is 15.1. The van der Waals surface area contributed by atoms with Crippen LogP contribution in [0.1, 0.15) is 12.8 Å². The Hall–Kier alpha value is -1.84. The summed E-state index contributed by atoms with van der Waals surface area (Å²) >= 11 is 0. The number of nitrogens with zero attached hydrogens (tertiary/aromatic N) is 5. The van der Waals surface area contributed by atoms with E-state index in [1.54, 1.807) is 12.1 Å². The molecular weight excluding hydrogens is 294 g/mol. The minimum Gasteiger partial charge on any atom is -0.394 e. The summed E-state index contributed by atoms with van der Waals surface area (Å²) in [5, 5.41) is 20.2. The second-order valence-corrected chi connectivity index (χ2v) is 7.08. The number of rotatable bonds is 5. The first kappa shape index (κ1) is 14.1. The van der Waals surface area contributed by atoms with Crippen LogP contribution in [0.5, 0.6) is 0 Å². The molecule has 1 aromatic carbocycles. The average molecular weight is 309 g/mol. The molecule has 1 aliphatic rings. The maximum absolute atomic E-state index is 12.7. The standard InChI is InChI=1S/C12H15N5O3S/c1-16(12(8-18)5-6-12)21(19,20)11-4-2-3-10(7-11)17-9-13-14-15-17/h2-4,7,9,18H,5-6,8H2,1H3. The van der Waals surface area contributed by atoms with E-state index in [4.69, 9.17) is 0 Å². The average Bonchev–Trinajstić information content (AvgIpc) is 3.11. The van der Waals surface area contributed by atoms with E-state index in [2.05, 4.69) is 15.5 Å². The molecule has 0 unspecified atom stereocenters. The lowest BCUT2D eigenvalue weighted by Gasteiger charge is -2.25. The van der Waals surface area contributed by atoms with Crippen LogP contribution in [0.15, 0.2) is 35.5 Å². The number of aromatic nitrogens is 4. The van der Waals surface area contributed by atoms with Crippen LogP contribution in [0, 0.1) is 0 Å². The number of hydrogen-bond donors (Lipinski definition) is 1. The summed E-state index contributed by atoms with van der Waals surface area (Å²) in [5.41, 5.74) is -0.0905. The zero-order valence-electron chi connectivity index (χ0n) is 11.4. The van der Waals surface area contributed by atoms with Crippen LogP contribution >= 0.6 is 0 Å². The van der Waals surface area contributed by atoms with E-state index in [0.717, 1.165) is 0 Å². The van der Waals surface area contributed by atoms with E-state index >= 15 is 0 Å². The second-order valence-electron chi connectivity index (χ2n) is 5.11. The van der Waals surface area contributed by atoms with E-state index in [1.165, 1.54) is 34.5 Å². The van der Waals surface area contributed by atoms with Gasteiger partial charge in [-0.05, 0) is 41.5 Å². The van der Waals surface area contributed by atoms with Crippen LogP contribution in [0.2, 0.25) is 0 Å². The fraction of sp³-hybridized carbons (Fsp3) is 0.417. The van der Waals surface area contributed by atoms with Crippen molar-refractivity contribution in [3.8, 4) is 5.69 Å². The van der Waals surface area contributed by atoms with Crippen LogP contribution in [0.3, 0.4) is 0 Å². The minimum atomic E-state index is -3.67. The van der Waals surface area contributed by atoms with Crippen molar-refractivity contribution < 1.29 is 13.5 Å². The highest BCUT2D eigenvalue weighted by Gasteiger charge is 2.50. The predicted molar refractivity (Wildman–Crippen MR) is 73.2 cm³/mol. The first-order valence-corrected chi connectivity index (χ1v) is 7.87. The SMILES string of the molecule is CN(C1(CO)CC1)S(=O)(=O)c1cccc(-n2cnnn2)c1. The number of aliphatic hydroxyl groups excluding tert-OH is 1. The molecule has 1 saturated carbocycles. The molecule has 1 aliphatic carbocycles. The first-order chi connectivity index (χ1) is 9.99. The second kappa shape index (κ2) is 4.86. The van der Waals surface area contributed by atoms with Crippen molar-refractivity contribution in [2.75, 3.05) is 13.7 Å². The van der Waals surface area contributed by atoms with Gasteiger partial charge in [-0.1, -0.05) is 6.07 Å². The highest BCUT2D eigenvalue weighted by atomic mass is 32.2. The van der Waals surface area contributed by atoms with Crippen molar-refractivity contribution in [1.82, 2.24) is 24.5 Å². The molecule has 1 fully saturated rings. The van der Waals surface area contributed by atoms with Crippen molar-refractivity contribution in [2.45, 2.75) is 23.3 Å². The van der Waals surface area contributed by atoms with Gasteiger partial charge in [-0.25, -0.2) is 13.1 Å². The third kappa shape index (κ3) is 2.33. The maximum Gasteiger partial charge on any atom is 0.243 e. The first-order valence-electron chi connectivity index (χ1n) is 6.43. The molecular formula is C12H15N5O3S. The molecule has 0 radical (unpaired) electrons. The van der Waals surface area contributed by atoms with Gasteiger partial charge in [0.25, 0.3) is 0 Å². The quantitative estimate of drug-likeness (QED) is 0.821. The van der Waals surface area contributed by atoms with Crippen LogP contribution < -0.4 is 0 Å². The van der Waals surface area contributed by atoms with Gasteiger partial charge in [-0.15, -0.1) is 5.10 Å². The van der Waals surface area contributed by atoms with Crippen molar-refractivity contribution in [3.05, 3.63) is 30.6 Å². The van der Waals surface area contributed by atoms with Crippen LogP contribution in [-0.4, -0.2) is 57.2 Å². The van der Waals surface area contributed by atoms with E-state index in [0.29, 0.717) is 18.5 Å². The van der Waals surface area contributed by atoms with E-state index in [1.807, 2.05) is 0 Å². The highest BCUT2D eigenvalue weighted by Crippen LogP contribution is 2.43. The molecule has 3 rings (SSSR count). The molecule has 2 aromatic rings. The summed E-state index contributed by atoms with van der Waals surface area (Å²) in [6.07, 6.45) is 2.74. The normalized spacial score (nSPS) is 17.1. The molecule has 1 aromatic heterocycles. The van der Waals surface area contributed by atoms with Gasteiger partial charge in [-0.2, -0.15) is 4.31 Å². The van der Waals surface area contributed by atoms with Gasteiger partial charge in [0.15, 0.2) is 0 Å². The molecule has 1 heterocycles. The Morgan fingerprint density at radius 1 is 1.43 bits per heavy atom. The lowest BCUT2D eigenvalue weighted by atomic mass is 10.3. The predicted octanol–water partition coefficient (Wildman–Crippen LogP) is -0.192. The number of hydrogen-bond acceptors (Lipinski definition) is 6. The van der Waals surface area contributed by atoms with Gasteiger partial charge in [-0.3, -0.25) is 0 Å². The summed E-state index contributed by atoms with van der Waals surface area (Å²) in [6.45, 7) is -0.171. The Morgan fingerprint density at radius 2 is 2.19 bits per heavy atom. The Morgan fingerprint density at radius 3 is 2.76 bits per heavy atom. The lowest BCUT2D eigenvalue weighted by Crippen LogP contribution is -2.41. The number of benzene rings is 1. The van der Waals surface area contributed by atoms with E-state index in [9.17, 15) is 13.5 Å². The molecule has 8 nitrogen and oxygen atoms in total. The highest BCUT2D eigenvalue weighted by molar-refractivity contribution is 7.89. The third-order valence-corrected chi connectivity index (χ3v) is 5.84. The largest absolute Gasteiger partial charge is 0.394 e. The fourth-order valence-corrected chi connectivity index (χ4v) is 3.78. The number of likely N-dealkylation sites (N-methyl/N-ethyl adjacent to an activating group) is 1. The van der Waals surface area contributed by atoms with E-state index < -0.39 is 15.6 Å². The molecule has 0 amide bonds. The lowest BCUT2D eigenvalue weighted by molar-refractivity contribution is 0.187. The molecule has 0 saturated heterocycles. The Kier molecular flexibility index (Phi) is 3.27. The van der Waals surface area contributed by atoms with Crippen molar-refractivity contribution in [1.29, 1.82) is 0 Å². The molecule has 0 atom stereocenters. The maximum atomic E-state index is 12.7. The van der Waals surface area contributed by atoms with Crippen molar-refractivity contribution in [3.63, 3.8) is 0 Å². The van der Waals surface area contributed by atoms with E-state index in [-0.39, 0.29) is 11.5 Å². The smallest absolute Gasteiger partial charge is 0.243 e. The van der Waals surface area contributed by atoms with Crippen LogP contribution in [0.4, 0.5) is 0 Å². The molecule has 112 valence electrons. The minimum absolute atomic E-state index is 0.151. The van der Waals surface area contributed by atoms with Crippen molar-refractivity contribution in [2.24, 2.45) is 0 Å². The molecule has 0 bridgehead atoms. The topological polar surface area (TPSA) is 101 Å². The van der Waals surface area contributed by atoms with Gasteiger partial charge in [0.05, 0.1) is 22.7 Å². The fourth-order valence-electron chi connectivity index (χ4n) is 2.20. The summed E-state index contributed by atoms with van der Waals surface area (Å²) < 4.78 is 28.0. The summed E-state index contributed by atoms with van der Waals surface area (Å²) in [5.74, 6) is 0. The van der Waals surface area contributed by atoms with Gasteiger partial charge in [0.1, 0.15) is 6.33 Å². The van der Waals surface area contributed by atoms with Crippen LogP contribution in [-0.2, 0) is 10.0 Å². The zero-order valence-corrected chi connectivity index (χ0v) is 12.2. The van der Waals surface area contributed by atoms with Crippen LogP contribution in [0.25, 0.3) is 5.69 Å². The number of sulfonamides is 1. The molecule has 0 aliphatic heterocycles. The third-order valence-electron chi connectivity index (χ3n) is 3.88. The van der Waals surface area contributed by atoms with Gasteiger partial charge in [0.2, 0.25) is 10.0 Å². The van der Waals surface area contributed by atoms with Gasteiger partial charge < -0.3 is 5.11 Å². The molecule has 0 spiro atoms. The van der Waals surface area contributed by atoms with Crippen molar-refractivity contribution >= 4 is 10.0 Å². The molecule has 1 N–H and O–H groups in total. The molecule has 21 heavy (non-hydrogen) atoms. The van der Waals surface area contributed by atoms with Gasteiger partial charge >= 0.3 is 0 Å². The Labute approximate surface area is 122 Å². The Bertz CT molecular complexity index is 740. The summed E-state index contributed by atoms with van der Waals surface area (Å²) in [4.78, 5) is 0.151. The monoisotopic (exact) mass is 309 g/mol. The summed E-state index contributed by atoms with van der Waals surface area (Å²) in [7, 11) is -2.17. The number of tetrazole rings is 1. The van der Waals surface area contributed by atoms with Gasteiger partial charge in [0, 0.05) is 7.05 Å². The Balaban J connectivity index is 1.98. The number of aliphatic hydroxyl groups is 1. The summed E-state index contributed by atoms with van der Waals surface area (Å²) in [6, 6.07) is 6.38.